The molecule has 46 heavy (non-hydrogen) atoms. The largest absolute Gasteiger partial charge is 0.444 e. The first-order chi connectivity index (χ1) is 21.9. The molecule has 0 aliphatic carbocycles. The maximum absolute atomic E-state index is 13.3. The fourth-order valence-corrected chi connectivity index (χ4v) is 7.91. The number of nitrogens with zero attached hydrogens (tertiary/aromatic N) is 4. The Balaban J connectivity index is 1.06. The van der Waals surface area contributed by atoms with Gasteiger partial charge in [0, 0.05) is 66.6 Å². The van der Waals surface area contributed by atoms with Crippen LogP contribution >= 0.6 is 11.3 Å². The van der Waals surface area contributed by atoms with Gasteiger partial charge in [-0.25, -0.2) is 23.2 Å². The summed E-state index contributed by atoms with van der Waals surface area (Å²) in [6, 6.07) is 14.4. The van der Waals surface area contributed by atoms with E-state index >= 15 is 0 Å². The van der Waals surface area contributed by atoms with Crippen LogP contribution in [0.4, 0.5) is 10.6 Å². The van der Waals surface area contributed by atoms with Crippen LogP contribution in [0.25, 0.3) is 10.6 Å². The Morgan fingerprint density at radius 1 is 0.957 bits per heavy atom. The van der Waals surface area contributed by atoms with Crippen LogP contribution in [-0.4, -0.2) is 72.8 Å². The minimum atomic E-state index is -3.90. The Labute approximate surface area is 271 Å². The number of fused-ring (bicyclic) bond motifs is 2. The average Bonchev–Trinajstić information content (AvgIpc) is 3.49. The van der Waals surface area contributed by atoms with Crippen LogP contribution in [0.1, 0.15) is 51.9 Å². The van der Waals surface area contributed by atoms with Crippen molar-refractivity contribution in [2.45, 2.75) is 49.1 Å². The van der Waals surface area contributed by atoms with Crippen molar-refractivity contribution in [3.8, 4) is 10.6 Å². The van der Waals surface area contributed by atoms with Gasteiger partial charge >= 0.3 is 6.09 Å². The topological polar surface area (TPSA) is 139 Å². The van der Waals surface area contributed by atoms with E-state index in [-0.39, 0.29) is 51.7 Å². The smallest absolute Gasteiger partial charge is 0.410 e. The molecule has 0 atom stereocenters. The van der Waals surface area contributed by atoms with Crippen molar-refractivity contribution in [3.05, 3.63) is 88.6 Å². The van der Waals surface area contributed by atoms with Crippen LogP contribution in [0.3, 0.4) is 0 Å². The summed E-state index contributed by atoms with van der Waals surface area (Å²) in [6.07, 6.45) is 3.05. The second kappa shape index (κ2) is 12.3. The number of piperazine rings is 1. The number of carbonyl (C=O) groups is 3. The lowest BCUT2D eigenvalue weighted by Crippen LogP contribution is -2.50. The molecule has 2 aromatic heterocycles. The van der Waals surface area contributed by atoms with E-state index < -0.39 is 15.4 Å². The number of carbonyl (C=O) groups excluding carboxylic acids is 3. The average molecular weight is 660 g/mol. The number of nitrogens with one attached hydrogen (secondary N) is 1. The molecule has 0 bridgehead atoms. The molecule has 2 amide bonds. The van der Waals surface area contributed by atoms with Gasteiger partial charge in [-0.05, 0) is 62.7 Å². The molecule has 2 aliphatic rings. The summed E-state index contributed by atoms with van der Waals surface area (Å²) in [7, 11) is -3.90. The molecule has 4 heterocycles. The lowest BCUT2D eigenvalue weighted by Gasteiger charge is -2.36. The first-order valence-corrected chi connectivity index (χ1v) is 17.1. The maximum atomic E-state index is 13.3. The van der Waals surface area contributed by atoms with Crippen molar-refractivity contribution in [2.24, 2.45) is 0 Å². The number of pyridine rings is 1. The third-order valence-corrected chi connectivity index (χ3v) is 10.6. The first kappa shape index (κ1) is 31.4. The number of amides is 2. The zero-order valence-corrected chi connectivity index (χ0v) is 27.3. The number of ether oxygens (including phenoxy) is 1. The number of rotatable bonds is 5. The molecular weight excluding hydrogens is 627 g/mol. The molecule has 1 saturated heterocycles. The summed E-state index contributed by atoms with van der Waals surface area (Å²) in [4.78, 5) is 52.0. The van der Waals surface area contributed by atoms with Gasteiger partial charge in [-0.1, -0.05) is 18.2 Å². The summed E-state index contributed by atoms with van der Waals surface area (Å²) in [6.45, 7) is 8.19. The third kappa shape index (κ3) is 6.51. The molecule has 0 spiro atoms. The monoisotopic (exact) mass is 659 g/mol. The van der Waals surface area contributed by atoms with Crippen molar-refractivity contribution in [3.63, 3.8) is 0 Å². The number of anilines is 1. The van der Waals surface area contributed by atoms with Crippen molar-refractivity contribution in [1.82, 2.24) is 20.2 Å². The predicted molar refractivity (Wildman–Crippen MR) is 173 cm³/mol. The minimum Gasteiger partial charge on any atom is -0.444 e. The van der Waals surface area contributed by atoms with Gasteiger partial charge in [0.25, 0.3) is 5.91 Å². The normalized spacial score (nSPS) is 15.8. The lowest BCUT2D eigenvalue weighted by atomic mass is 10.0. The van der Waals surface area contributed by atoms with Crippen molar-refractivity contribution >= 4 is 44.8 Å². The number of hydrogen-bond acceptors (Lipinski definition) is 10. The standard InChI is InChI=1S/C33H33N5O6S2/c1-33(2,3)44-32(41)38-14-12-37(13-15-38)29-11-9-22(18-34-29)31-36-20-24(45-31)19-35-30(40)21-8-10-27-23(16-21)17-26(39)25-6-4-5-7-28(25)46(27,42)43/h4-11,16,18,20H,12-15,17,19H2,1-3H3,(H,35,40). The Kier molecular flexibility index (Phi) is 8.38. The highest BCUT2D eigenvalue weighted by atomic mass is 32.2. The Hall–Kier alpha value is -4.62. The molecule has 13 heteroatoms. The summed E-state index contributed by atoms with van der Waals surface area (Å²) >= 11 is 1.43. The zero-order valence-electron chi connectivity index (χ0n) is 25.6. The molecule has 2 aliphatic heterocycles. The SMILES string of the molecule is CC(C)(C)OC(=O)N1CCN(c2ccc(-c3ncc(CNC(=O)c4ccc5c(c4)CC(=O)c4ccccc4S5(=O)=O)s3)cn2)CC1. The lowest BCUT2D eigenvalue weighted by molar-refractivity contribution is 0.0240. The van der Waals surface area contributed by atoms with Gasteiger partial charge in [-0.15, -0.1) is 11.3 Å². The molecule has 2 aromatic carbocycles. The van der Waals surface area contributed by atoms with Crippen molar-refractivity contribution in [2.75, 3.05) is 31.1 Å². The molecule has 0 radical (unpaired) electrons. The van der Waals surface area contributed by atoms with E-state index in [9.17, 15) is 22.8 Å². The second-order valence-electron chi connectivity index (χ2n) is 12.1. The van der Waals surface area contributed by atoms with Crippen LogP contribution in [-0.2, 0) is 27.5 Å². The zero-order chi connectivity index (χ0) is 32.6. The molecule has 1 N–H and O–H groups in total. The summed E-state index contributed by atoms with van der Waals surface area (Å²) < 4.78 is 32.0. The summed E-state index contributed by atoms with van der Waals surface area (Å²) in [5.74, 6) is 0.119. The Morgan fingerprint density at radius 2 is 1.72 bits per heavy atom. The number of aromatic nitrogens is 2. The fraction of sp³-hybridized carbons (Fsp3) is 0.303. The number of hydrogen-bond donors (Lipinski definition) is 1. The number of Topliss-reactive ketones (excluding diaryl/α,β-unsaturated/α-hetero) is 1. The van der Waals surface area contributed by atoms with Crippen molar-refractivity contribution < 1.29 is 27.5 Å². The van der Waals surface area contributed by atoms with E-state index in [2.05, 4.69) is 20.2 Å². The number of ketones is 1. The Bertz CT molecular complexity index is 1920. The van der Waals surface area contributed by atoms with Crippen LogP contribution in [0.15, 0.2) is 76.8 Å². The van der Waals surface area contributed by atoms with Crippen LogP contribution < -0.4 is 10.2 Å². The van der Waals surface area contributed by atoms with Gasteiger partial charge < -0.3 is 19.9 Å². The van der Waals surface area contributed by atoms with E-state index in [1.54, 1.807) is 29.4 Å². The van der Waals surface area contributed by atoms with Crippen molar-refractivity contribution in [1.29, 1.82) is 0 Å². The molecule has 6 rings (SSSR count). The molecule has 4 aromatic rings. The highest BCUT2D eigenvalue weighted by molar-refractivity contribution is 7.91. The molecule has 0 unspecified atom stereocenters. The molecule has 238 valence electrons. The number of thiazole rings is 1. The van der Waals surface area contributed by atoms with Gasteiger partial charge in [0.1, 0.15) is 16.4 Å². The van der Waals surface area contributed by atoms with E-state index in [1.165, 1.54) is 41.7 Å². The van der Waals surface area contributed by atoms with Gasteiger partial charge in [0.2, 0.25) is 9.84 Å². The maximum Gasteiger partial charge on any atom is 0.410 e. The fourth-order valence-electron chi connectivity index (χ4n) is 5.38. The summed E-state index contributed by atoms with van der Waals surface area (Å²) in [5, 5.41) is 3.62. The number of sulfone groups is 1. The quantitative estimate of drug-likeness (QED) is 0.321. The van der Waals surface area contributed by atoms with E-state index in [1.807, 2.05) is 32.9 Å². The van der Waals surface area contributed by atoms with Crippen LogP contribution in [0, 0.1) is 0 Å². The molecule has 0 saturated carbocycles. The highest BCUT2D eigenvalue weighted by Crippen LogP contribution is 2.32. The highest BCUT2D eigenvalue weighted by Gasteiger charge is 2.31. The van der Waals surface area contributed by atoms with Gasteiger partial charge in [-0.2, -0.15) is 0 Å². The predicted octanol–water partition coefficient (Wildman–Crippen LogP) is 4.76. The molecular formula is C33H33N5O6S2. The van der Waals surface area contributed by atoms with Crippen LogP contribution in [0.5, 0.6) is 0 Å². The number of benzene rings is 2. The third-order valence-electron chi connectivity index (χ3n) is 7.67. The molecule has 1 fully saturated rings. The summed E-state index contributed by atoms with van der Waals surface area (Å²) in [5.41, 5.74) is 1.04. The van der Waals surface area contributed by atoms with Gasteiger partial charge in [0.05, 0.1) is 16.3 Å². The minimum absolute atomic E-state index is 0.0140. The first-order valence-electron chi connectivity index (χ1n) is 14.8. The van der Waals surface area contributed by atoms with E-state index in [0.717, 1.165) is 21.3 Å². The van der Waals surface area contributed by atoms with Gasteiger partial charge in [-0.3, -0.25) is 9.59 Å². The van der Waals surface area contributed by atoms with Crippen LogP contribution in [0.2, 0.25) is 0 Å². The molecule has 11 nitrogen and oxygen atoms in total. The Morgan fingerprint density at radius 3 is 2.43 bits per heavy atom. The van der Waals surface area contributed by atoms with E-state index in [4.69, 9.17) is 4.74 Å². The second-order valence-corrected chi connectivity index (χ2v) is 15.1. The van der Waals surface area contributed by atoms with Gasteiger partial charge in [0.15, 0.2) is 5.78 Å². The van der Waals surface area contributed by atoms with E-state index in [0.29, 0.717) is 31.7 Å².